The number of hydrogen-bond donors (Lipinski definition) is 1. The molecular formula is C20H18N4O3S. The Bertz CT molecular complexity index is 1250. The molecule has 0 aliphatic heterocycles. The molecule has 4 aromatic rings. The summed E-state index contributed by atoms with van der Waals surface area (Å²) in [6.45, 7) is 3.37. The van der Waals surface area contributed by atoms with Crippen LogP contribution in [-0.2, 0) is 0 Å². The fourth-order valence-corrected chi connectivity index (χ4v) is 4.53. The van der Waals surface area contributed by atoms with Gasteiger partial charge in [-0.3, -0.25) is 4.79 Å². The van der Waals surface area contributed by atoms with Crippen molar-refractivity contribution < 1.29 is 14.3 Å². The van der Waals surface area contributed by atoms with Crippen LogP contribution >= 0.6 is 11.3 Å². The predicted molar refractivity (Wildman–Crippen MR) is 110 cm³/mol. The van der Waals surface area contributed by atoms with Crippen molar-refractivity contribution in [1.29, 1.82) is 0 Å². The summed E-state index contributed by atoms with van der Waals surface area (Å²) in [5.41, 5.74) is 9.53. The highest BCUT2D eigenvalue weighted by atomic mass is 32.1. The van der Waals surface area contributed by atoms with Gasteiger partial charge in [0.15, 0.2) is 17.3 Å². The second-order valence-corrected chi connectivity index (χ2v) is 7.29. The van der Waals surface area contributed by atoms with E-state index >= 15 is 0 Å². The number of nitrogens with zero attached hydrogens (tertiary/aromatic N) is 3. The third kappa shape index (κ3) is 2.65. The number of benzene rings is 1. The summed E-state index contributed by atoms with van der Waals surface area (Å²) in [5.74, 6) is 1.51. The molecule has 7 nitrogen and oxygen atoms in total. The van der Waals surface area contributed by atoms with Gasteiger partial charge in [0, 0.05) is 16.5 Å². The first-order valence-corrected chi connectivity index (χ1v) is 9.34. The number of hydrogen-bond acceptors (Lipinski definition) is 8. The van der Waals surface area contributed by atoms with Gasteiger partial charge in [0.25, 0.3) is 0 Å². The Morgan fingerprint density at radius 3 is 2.57 bits per heavy atom. The van der Waals surface area contributed by atoms with Gasteiger partial charge in [-0.05, 0) is 31.5 Å². The third-order valence-electron chi connectivity index (χ3n) is 4.64. The lowest BCUT2D eigenvalue weighted by molar-refractivity contribution is 0.101. The smallest absolute Gasteiger partial charge is 0.162 e. The van der Waals surface area contributed by atoms with Gasteiger partial charge < -0.3 is 15.2 Å². The molecule has 0 saturated heterocycles. The van der Waals surface area contributed by atoms with E-state index in [1.165, 1.54) is 24.6 Å². The molecular weight excluding hydrogens is 376 g/mol. The number of aryl methyl sites for hydroxylation is 1. The van der Waals surface area contributed by atoms with Crippen molar-refractivity contribution in [2.75, 3.05) is 20.0 Å². The average molecular weight is 394 g/mol. The highest BCUT2D eigenvalue weighted by molar-refractivity contribution is 7.26. The number of ether oxygens (including phenoxy) is 2. The summed E-state index contributed by atoms with van der Waals surface area (Å²) in [7, 11) is 3.16. The van der Waals surface area contributed by atoms with Gasteiger partial charge in [0.05, 0.1) is 30.1 Å². The number of ketones is 1. The van der Waals surface area contributed by atoms with Crippen LogP contribution in [-0.4, -0.2) is 35.0 Å². The van der Waals surface area contributed by atoms with Gasteiger partial charge in [-0.1, -0.05) is 6.07 Å². The zero-order valence-electron chi connectivity index (χ0n) is 15.9. The number of Topliss-reactive ketones (excluding diaryl/α,β-unsaturated/α-hetero) is 1. The molecule has 28 heavy (non-hydrogen) atoms. The second-order valence-electron chi connectivity index (χ2n) is 6.29. The van der Waals surface area contributed by atoms with E-state index in [2.05, 4.69) is 15.0 Å². The van der Waals surface area contributed by atoms with Gasteiger partial charge in [-0.25, -0.2) is 15.0 Å². The van der Waals surface area contributed by atoms with Crippen molar-refractivity contribution in [3.05, 3.63) is 35.8 Å². The van der Waals surface area contributed by atoms with E-state index in [-0.39, 0.29) is 5.78 Å². The van der Waals surface area contributed by atoms with Crippen LogP contribution in [0.5, 0.6) is 11.5 Å². The number of nitrogens with two attached hydrogens (primary N) is 1. The van der Waals surface area contributed by atoms with Gasteiger partial charge in [0.2, 0.25) is 0 Å². The average Bonchev–Trinajstić information content (AvgIpc) is 3.05. The molecule has 3 heterocycles. The first kappa shape index (κ1) is 18.1. The number of carbonyl (C=O) groups is 1. The third-order valence-corrected chi connectivity index (χ3v) is 5.73. The van der Waals surface area contributed by atoms with Crippen molar-refractivity contribution in [1.82, 2.24) is 15.0 Å². The lowest BCUT2D eigenvalue weighted by atomic mass is 9.93. The fourth-order valence-electron chi connectivity index (χ4n) is 3.44. The topological polar surface area (TPSA) is 100 Å². The molecule has 0 atom stereocenters. The molecule has 4 rings (SSSR count). The number of thiophene rings is 1. The van der Waals surface area contributed by atoms with Crippen LogP contribution in [0.3, 0.4) is 0 Å². The number of carbonyl (C=O) groups excluding carboxylic acids is 1. The molecule has 8 heteroatoms. The molecule has 0 radical (unpaired) electrons. The first-order valence-electron chi connectivity index (χ1n) is 8.52. The maximum atomic E-state index is 12.6. The molecule has 0 fully saturated rings. The lowest BCUT2D eigenvalue weighted by Gasteiger charge is -2.14. The Balaban J connectivity index is 2.19. The lowest BCUT2D eigenvalue weighted by Crippen LogP contribution is -2.03. The zero-order valence-corrected chi connectivity index (χ0v) is 16.7. The van der Waals surface area contributed by atoms with Crippen molar-refractivity contribution >= 4 is 43.4 Å². The van der Waals surface area contributed by atoms with E-state index in [1.807, 2.05) is 25.1 Å². The minimum atomic E-state index is -0.0712. The number of anilines is 1. The second kappa shape index (κ2) is 6.72. The standard InChI is InChI=1S/C20H18N4O3S/c1-9-14(10(2)25)15(11-5-6-12(26-3)13(7-11)27-4)16-17-18(28-20(16)24-9)19(21)23-8-22-17/h5-8H,1-4H3,(H2,21,22,23). The molecule has 0 aliphatic carbocycles. The van der Waals surface area contributed by atoms with Gasteiger partial charge in [0.1, 0.15) is 17.0 Å². The van der Waals surface area contributed by atoms with E-state index in [0.717, 1.165) is 26.0 Å². The molecule has 0 saturated carbocycles. The maximum Gasteiger partial charge on any atom is 0.162 e. The maximum absolute atomic E-state index is 12.6. The monoisotopic (exact) mass is 394 g/mol. The number of methoxy groups -OCH3 is 2. The quantitative estimate of drug-likeness (QED) is 0.522. The van der Waals surface area contributed by atoms with Crippen molar-refractivity contribution in [3.8, 4) is 22.6 Å². The number of pyridine rings is 1. The number of rotatable bonds is 4. The summed E-state index contributed by atoms with van der Waals surface area (Å²) >= 11 is 1.42. The summed E-state index contributed by atoms with van der Waals surface area (Å²) in [5, 5.41) is 0.789. The van der Waals surface area contributed by atoms with Crippen LogP contribution in [0, 0.1) is 6.92 Å². The number of nitrogen functional groups attached to an aromatic ring is 1. The summed E-state index contributed by atoms with van der Waals surface area (Å²) in [6, 6.07) is 5.57. The highest BCUT2D eigenvalue weighted by Gasteiger charge is 2.23. The van der Waals surface area contributed by atoms with E-state index in [4.69, 9.17) is 15.2 Å². The molecule has 0 amide bonds. The molecule has 2 N–H and O–H groups in total. The number of aromatic nitrogens is 3. The fraction of sp³-hybridized carbons (Fsp3) is 0.200. The first-order chi connectivity index (χ1) is 13.5. The summed E-state index contributed by atoms with van der Waals surface area (Å²) in [4.78, 5) is 26.5. The van der Waals surface area contributed by atoms with Crippen molar-refractivity contribution in [2.24, 2.45) is 0 Å². The minimum Gasteiger partial charge on any atom is -0.493 e. The Kier molecular flexibility index (Phi) is 4.35. The Morgan fingerprint density at radius 2 is 1.89 bits per heavy atom. The van der Waals surface area contributed by atoms with Crippen LogP contribution in [0.4, 0.5) is 5.82 Å². The van der Waals surface area contributed by atoms with Gasteiger partial charge >= 0.3 is 0 Å². The molecule has 1 aromatic carbocycles. The van der Waals surface area contributed by atoms with E-state index in [0.29, 0.717) is 34.1 Å². The normalized spacial score (nSPS) is 11.1. The van der Waals surface area contributed by atoms with Crippen molar-refractivity contribution in [2.45, 2.75) is 13.8 Å². The van der Waals surface area contributed by atoms with Gasteiger partial charge in [-0.15, -0.1) is 11.3 Å². The van der Waals surface area contributed by atoms with E-state index in [9.17, 15) is 4.79 Å². The Morgan fingerprint density at radius 1 is 1.14 bits per heavy atom. The SMILES string of the molecule is COc1ccc(-c2c(C(C)=O)c(C)nc3sc4c(N)ncnc4c23)cc1OC. The van der Waals surface area contributed by atoms with Crippen LogP contribution in [0.2, 0.25) is 0 Å². The van der Waals surface area contributed by atoms with Crippen LogP contribution in [0.15, 0.2) is 24.5 Å². The van der Waals surface area contributed by atoms with Crippen LogP contribution in [0.1, 0.15) is 23.0 Å². The van der Waals surface area contributed by atoms with E-state index < -0.39 is 0 Å². The van der Waals surface area contributed by atoms with Crippen LogP contribution < -0.4 is 15.2 Å². The Labute approximate surface area is 165 Å². The summed E-state index contributed by atoms with van der Waals surface area (Å²) < 4.78 is 11.6. The highest BCUT2D eigenvalue weighted by Crippen LogP contribution is 2.43. The molecule has 0 spiro atoms. The van der Waals surface area contributed by atoms with Crippen LogP contribution in [0.25, 0.3) is 31.6 Å². The predicted octanol–water partition coefficient (Wildman–Crippen LogP) is 4.02. The van der Waals surface area contributed by atoms with Gasteiger partial charge in [-0.2, -0.15) is 0 Å². The largest absolute Gasteiger partial charge is 0.493 e. The number of fused-ring (bicyclic) bond motifs is 3. The zero-order chi connectivity index (χ0) is 20.0. The van der Waals surface area contributed by atoms with E-state index in [1.54, 1.807) is 14.2 Å². The summed E-state index contributed by atoms with van der Waals surface area (Å²) in [6.07, 6.45) is 1.43. The minimum absolute atomic E-state index is 0.0712. The molecule has 142 valence electrons. The molecule has 0 unspecified atom stereocenters. The Hall–Kier alpha value is -3.26. The molecule has 0 aliphatic rings. The molecule has 3 aromatic heterocycles. The molecule has 0 bridgehead atoms. The van der Waals surface area contributed by atoms with Crippen molar-refractivity contribution in [3.63, 3.8) is 0 Å².